The van der Waals surface area contributed by atoms with Crippen molar-refractivity contribution < 1.29 is 23.8 Å². The van der Waals surface area contributed by atoms with E-state index in [1.165, 1.54) is 6.20 Å². The summed E-state index contributed by atoms with van der Waals surface area (Å²) in [4.78, 5) is 30.2. The number of methoxy groups -OCH3 is 2. The van der Waals surface area contributed by atoms with Gasteiger partial charge in [-0.2, -0.15) is 0 Å². The molecule has 0 bridgehead atoms. The molecule has 5 rings (SSSR count). The number of aromatic nitrogens is 1. The van der Waals surface area contributed by atoms with Crippen molar-refractivity contribution in [3.63, 3.8) is 0 Å². The van der Waals surface area contributed by atoms with Crippen LogP contribution in [0.25, 0.3) is 16.5 Å². The van der Waals surface area contributed by atoms with E-state index in [9.17, 15) is 9.59 Å². The zero-order chi connectivity index (χ0) is 32.6. The van der Waals surface area contributed by atoms with Gasteiger partial charge in [0.15, 0.2) is 11.5 Å². The highest BCUT2D eigenvalue weighted by Gasteiger charge is 2.16. The number of hydrogen-bond acceptors (Lipinski definition) is 7. The van der Waals surface area contributed by atoms with E-state index in [4.69, 9.17) is 19.9 Å². The molecule has 9 heteroatoms. The van der Waals surface area contributed by atoms with Crippen molar-refractivity contribution in [2.45, 2.75) is 13.5 Å². The molecule has 232 valence electrons. The summed E-state index contributed by atoms with van der Waals surface area (Å²) in [7, 11) is 3.18. The van der Waals surface area contributed by atoms with Crippen LogP contribution in [0.4, 0.5) is 11.4 Å². The number of pyridine rings is 1. The third-order valence-corrected chi connectivity index (χ3v) is 7.32. The molecule has 0 atom stereocenters. The lowest BCUT2D eigenvalue weighted by molar-refractivity contribution is 0.0950. The molecule has 0 saturated heterocycles. The number of nitrogens with two attached hydrogens (primary N) is 1. The van der Waals surface area contributed by atoms with Crippen molar-refractivity contribution >= 4 is 39.7 Å². The first-order valence-corrected chi connectivity index (χ1v) is 14.5. The van der Waals surface area contributed by atoms with E-state index in [0.29, 0.717) is 51.2 Å². The fourth-order valence-corrected chi connectivity index (χ4v) is 4.92. The average molecular weight is 615 g/mol. The minimum atomic E-state index is -0.328. The van der Waals surface area contributed by atoms with E-state index in [-0.39, 0.29) is 18.4 Å². The number of carbonyl (C=O) groups is 2. The van der Waals surface area contributed by atoms with Gasteiger partial charge in [0.2, 0.25) is 0 Å². The third-order valence-electron chi connectivity index (χ3n) is 7.32. The van der Waals surface area contributed by atoms with Crippen LogP contribution in [0.2, 0.25) is 0 Å². The molecule has 0 spiro atoms. The first-order chi connectivity index (χ1) is 22.3. The molecular weight excluding hydrogens is 580 g/mol. The second-order valence-corrected chi connectivity index (χ2v) is 10.3. The van der Waals surface area contributed by atoms with Gasteiger partial charge in [-0.05, 0) is 90.0 Å². The average Bonchev–Trinajstić information content (AvgIpc) is 3.07. The largest absolute Gasteiger partial charge is 0.493 e. The fraction of sp³-hybridized carbons (Fsp3) is 0.108. The fourth-order valence-electron chi connectivity index (χ4n) is 4.92. The van der Waals surface area contributed by atoms with Crippen LogP contribution in [-0.4, -0.2) is 31.0 Å². The third kappa shape index (κ3) is 7.00. The Hall–Kier alpha value is -6.09. The summed E-state index contributed by atoms with van der Waals surface area (Å²) in [5.41, 5.74) is 10.2. The van der Waals surface area contributed by atoms with E-state index in [1.54, 1.807) is 68.8 Å². The van der Waals surface area contributed by atoms with Crippen LogP contribution in [0.3, 0.4) is 0 Å². The molecule has 5 aromatic rings. The number of nitrogens with zero attached hydrogens (tertiary/aromatic N) is 1. The summed E-state index contributed by atoms with van der Waals surface area (Å²) in [6.45, 7) is 5.99. The number of carbonyl (C=O) groups excluding carboxylic acids is 2. The molecule has 0 aliphatic heterocycles. The number of benzene rings is 4. The monoisotopic (exact) mass is 614 g/mol. The van der Waals surface area contributed by atoms with Crippen molar-refractivity contribution in [3.05, 3.63) is 138 Å². The molecule has 1 heterocycles. The van der Waals surface area contributed by atoms with Gasteiger partial charge in [0, 0.05) is 17.3 Å². The van der Waals surface area contributed by atoms with Gasteiger partial charge in [-0.1, -0.05) is 36.9 Å². The van der Waals surface area contributed by atoms with Crippen LogP contribution in [0.15, 0.2) is 110 Å². The number of rotatable bonds is 11. The molecule has 1 aromatic heterocycles. The molecule has 0 fully saturated rings. The molecule has 2 amide bonds. The number of allylic oxidation sites excluding steroid dienone is 2. The Kier molecular flexibility index (Phi) is 9.63. The Morgan fingerprint density at radius 2 is 1.67 bits per heavy atom. The molecule has 46 heavy (non-hydrogen) atoms. The van der Waals surface area contributed by atoms with Crippen LogP contribution in [-0.2, 0) is 6.54 Å². The lowest BCUT2D eigenvalue weighted by Gasteiger charge is -2.16. The maximum atomic E-state index is 13.2. The number of ether oxygens (including phenoxy) is 3. The van der Waals surface area contributed by atoms with Gasteiger partial charge < -0.3 is 30.6 Å². The van der Waals surface area contributed by atoms with Crippen molar-refractivity contribution in [3.8, 4) is 17.2 Å². The van der Waals surface area contributed by atoms with Gasteiger partial charge in [0.05, 0.1) is 43.4 Å². The molecule has 4 N–H and O–H groups in total. The molecule has 4 aromatic carbocycles. The first-order valence-electron chi connectivity index (χ1n) is 14.5. The maximum absolute atomic E-state index is 13.2. The predicted octanol–water partition coefficient (Wildman–Crippen LogP) is 6.93. The quantitative estimate of drug-likeness (QED) is 0.0837. The van der Waals surface area contributed by atoms with Crippen LogP contribution in [0.5, 0.6) is 17.2 Å². The zero-order valence-electron chi connectivity index (χ0n) is 25.8. The van der Waals surface area contributed by atoms with Gasteiger partial charge in [0.1, 0.15) is 11.5 Å². The Labute approximate surface area is 267 Å². The van der Waals surface area contributed by atoms with Gasteiger partial charge in [-0.3, -0.25) is 14.6 Å². The van der Waals surface area contributed by atoms with E-state index in [1.807, 2.05) is 49.4 Å². The highest BCUT2D eigenvalue weighted by Crippen LogP contribution is 2.35. The summed E-state index contributed by atoms with van der Waals surface area (Å²) >= 11 is 0. The molecule has 0 saturated carbocycles. The second kappa shape index (κ2) is 14.1. The summed E-state index contributed by atoms with van der Waals surface area (Å²) in [6.07, 6.45) is 4.91. The standard InChI is InChI=1S/C37H34N4O5/c1-5-9-33(30-20-35(45-4)34(44-3)18-23(30)2)46-27-16-17-28-24(19-27)10-8-11-29(28)37(43)40-22-26-15-14-25(21-39-26)36(42)41-32-13-7-6-12-31(32)38/h5-21H,1,22,38H2,2-4H3,(H,40,43)(H,41,42)/b33-9+. The topological polar surface area (TPSA) is 125 Å². The van der Waals surface area contributed by atoms with Crippen LogP contribution in [0.1, 0.15) is 37.5 Å². The van der Waals surface area contributed by atoms with Crippen LogP contribution >= 0.6 is 0 Å². The van der Waals surface area contributed by atoms with E-state index < -0.39 is 0 Å². The number of aryl methyl sites for hydroxylation is 1. The number of para-hydroxylation sites is 2. The van der Waals surface area contributed by atoms with Crippen molar-refractivity contribution in [1.29, 1.82) is 0 Å². The van der Waals surface area contributed by atoms with Crippen molar-refractivity contribution in [2.24, 2.45) is 0 Å². The summed E-state index contributed by atoms with van der Waals surface area (Å²) in [5.74, 6) is 1.81. The van der Waals surface area contributed by atoms with Crippen LogP contribution in [0, 0.1) is 6.92 Å². The normalized spacial score (nSPS) is 11.1. The number of nitrogen functional groups attached to an aromatic ring is 1. The lowest BCUT2D eigenvalue weighted by atomic mass is 10.0. The minimum absolute atomic E-state index is 0.185. The Morgan fingerprint density at radius 3 is 2.39 bits per heavy atom. The van der Waals surface area contributed by atoms with E-state index in [2.05, 4.69) is 22.2 Å². The summed E-state index contributed by atoms with van der Waals surface area (Å²) < 4.78 is 17.2. The Morgan fingerprint density at radius 1 is 0.891 bits per heavy atom. The lowest BCUT2D eigenvalue weighted by Crippen LogP contribution is -2.23. The zero-order valence-corrected chi connectivity index (χ0v) is 25.8. The number of nitrogens with one attached hydrogen (secondary N) is 2. The Balaban J connectivity index is 1.28. The SMILES string of the molecule is C=C/C=C(/Oc1ccc2c(C(=O)NCc3ccc(C(=O)Nc4ccccc4N)cn3)cccc2c1)c1cc(OC)c(OC)cc1C. The number of fused-ring (bicyclic) bond motifs is 1. The summed E-state index contributed by atoms with van der Waals surface area (Å²) in [6, 6.07) is 25.2. The molecular formula is C37H34N4O5. The van der Waals surface area contributed by atoms with Gasteiger partial charge in [-0.25, -0.2) is 0 Å². The van der Waals surface area contributed by atoms with E-state index in [0.717, 1.165) is 21.9 Å². The summed E-state index contributed by atoms with van der Waals surface area (Å²) in [5, 5.41) is 7.30. The second-order valence-electron chi connectivity index (χ2n) is 10.3. The highest BCUT2D eigenvalue weighted by molar-refractivity contribution is 6.07. The first kappa shape index (κ1) is 31.3. The maximum Gasteiger partial charge on any atom is 0.257 e. The predicted molar refractivity (Wildman–Crippen MR) is 181 cm³/mol. The number of amides is 2. The van der Waals surface area contributed by atoms with Crippen LogP contribution < -0.4 is 30.6 Å². The van der Waals surface area contributed by atoms with Crippen molar-refractivity contribution in [2.75, 3.05) is 25.3 Å². The molecule has 0 aliphatic carbocycles. The minimum Gasteiger partial charge on any atom is -0.493 e. The van der Waals surface area contributed by atoms with Gasteiger partial charge in [0.25, 0.3) is 11.8 Å². The van der Waals surface area contributed by atoms with E-state index >= 15 is 0 Å². The molecule has 0 aliphatic rings. The smallest absolute Gasteiger partial charge is 0.257 e. The highest BCUT2D eigenvalue weighted by atomic mass is 16.5. The molecule has 0 unspecified atom stereocenters. The molecule has 0 radical (unpaired) electrons. The van der Waals surface area contributed by atoms with Gasteiger partial charge >= 0.3 is 0 Å². The Bertz CT molecular complexity index is 1950. The van der Waals surface area contributed by atoms with Gasteiger partial charge in [-0.15, -0.1) is 0 Å². The molecule has 9 nitrogen and oxygen atoms in total. The van der Waals surface area contributed by atoms with Crippen molar-refractivity contribution in [1.82, 2.24) is 10.3 Å². The number of anilines is 2. The number of hydrogen-bond donors (Lipinski definition) is 3.